The van der Waals surface area contributed by atoms with E-state index < -0.39 is 0 Å². The second kappa shape index (κ2) is 4.50. The van der Waals surface area contributed by atoms with Crippen LogP contribution in [0.3, 0.4) is 0 Å². The lowest BCUT2D eigenvalue weighted by Gasteiger charge is -2.10. The number of anilines is 3. The minimum absolute atomic E-state index is 0.148. The van der Waals surface area contributed by atoms with E-state index in [1.54, 1.807) is 7.05 Å². The van der Waals surface area contributed by atoms with Crippen LogP contribution in [0.15, 0.2) is 0 Å². The summed E-state index contributed by atoms with van der Waals surface area (Å²) in [6, 6.07) is 0. The van der Waals surface area contributed by atoms with Crippen LogP contribution in [0.4, 0.5) is 17.5 Å². The summed E-state index contributed by atoms with van der Waals surface area (Å²) in [6.45, 7) is 2.56. The third kappa shape index (κ3) is 2.15. The van der Waals surface area contributed by atoms with Crippen molar-refractivity contribution in [2.75, 3.05) is 30.4 Å². The van der Waals surface area contributed by atoms with Crippen LogP contribution in [0.1, 0.15) is 13.3 Å². The van der Waals surface area contributed by atoms with Crippen LogP contribution in [-0.4, -0.2) is 23.6 Å². The summed E-state index contributed by atoms with van der Waals surface area (Å²) in [4.78, 5) is 7.81. The molecule has 0 bridgehead atoms. The minimum Gasteiger partial charge on any atom is -0.476 e. The Hall–Kier alpha value is -1.72. The number of hydrogen-bond donors (Lipinski definition) is 3. The van der Waals surface area contributed by atoms with E-state index >= 15 is 0 Å². The maximum atomic E-state index is 5.74. The Bertz CT molecular complexity index is 315. The Morgan fingerprint density at radius 1 is 1.36 bits per heavy atom. The lowest BCUT2D eigenvalue weighted by atomic mass is 10.4. The number of aromatic nitrogens is 2. The van der Waals surface area contributed by atoms with Gasteiger partial charge >= 0.3 is 0 Å². The van der Waals surface area contributed by atoms with Crippen LogP contribution < -0.4 is 21.5 Å². The van der Waals surface area contributed by atoms with E-state index in [1.807, 2.05) is 6.92 Å². The van der Waals surface area contributed by atoms with Crippen molar-refractivity contribution in [2.24, 2.45) is 0 Å². The van der Waals surface area contributed by atoms with Gasteiger partial charge in [0.1, 0.15) is 5.69 Å². The summed E-state index contributed by atoms with van der Waals surface area (Å²) in [5.74, 6) is 0.974. The summed E-state index contributed by atoms with van der Waals surface area (Å²) in [6.07, 6.45) is 0.887. The zero-order valence-electron chi connectivity index (χ0n) is 8.37. The van der Waals surface area contributed by atoms with Crippen LogP contribution in [-0.2, 0) is 0 Å². The summed E-state index contributed by atoms with van der Waals surface area (Å²) >= 11 is 0. The number of hydrogen-bond acceptors (Lipinski definition) is 6. The normalized spacial score (nSPS) is 9.86. The predicted molar refractivity (Wildman–Crippen MR) is 56.2 cm³/mol. The Balaban J connectivity index is 2.96. The van der Waals surface area contributed by atoms with Gasteiger partial charge in [0, 0.05) is 7.05 Å². The first kappa shape index (κ1) is 10.4. The van der Waals surface area contributed by atoms with Gasteiger partial charge in [-0.1, -0.05) is 6.92 Å². The van der Waals surface area contributed by atoms with Gasteiger partial charge in [-0.2, -0.15) is 9.97 Å². The maximum absolute atomic E-state index is 5.74. The molecule has 0 aromatic carbocycles. The Kier molecular flexibility index (Phi) is 3.33. The maximum Gasteiger partial charge on any atom is 0.244 e. The van der Waals surface area contributed by atoms with E-state index in [-0.39, 0.29) is 5.95 Å². The molecule has 0 aliphatic heterocycles. The van der Waals surface area contributed by atoms with Gasteiger partial charge < -0.3 is 21.5 Å². The van der Waals surface area contributed by atoms with E-state index in [1.165, 1.54) is 0 Å². The van der Waals surface area contributed by atoms with Crippen LogP contribution in [0, 0.1) is 0 Å². The van der Waals surface area contributed by atoms with Gasteiger partial charge in [0.05, 0.1) is 6.61 Å². The molecule has 0 saturated carbocycles. The monoisotopic (exact) mass is 197 g/mol. The average molecular weight is 197 g/mol. The highest BCUT2D eigenvalue weighted by Gasteiger charge is 2.09. The highest BCUT2D eigenvalue weighted by atomic mass is 16.5. The van der Waals surface area contributed by atoms with Crippen molar-refractivity contribution in [3.05, 3.63) is 0 Å². The van der Waals surface area contributed by atoms with Crippen LogP contribution in [0.5, 0.6) is 5.88 Å². The number of rotatable bonds is 4. The molecule has 5 N–H and O–H groups in total. The second-order valence-corrected chi connectivity index (χ2v) is 2.75. The van der Waals surface area contributed by atoms with E-state index in [9.17, 15) is 0 Å². The van der Waals surface area contributed by atoms with E-state index in [4.69, 9.17) is 16.2 Å². The Labute approximate surface area is 82.7 Å². The second-order valence-electron chi connectivity index (χ2n) is 2.75. The van der Waals surface area contributed by atoms with Crippen molar-refractivity contribution in [1.29, 1.82) is 0 Å². The fraction of sp³-hybridized carbons (Fsp3) is 0.500. The molecule has 6 nitrogen and oxygen atoms in total. The van der Waals surface area contributed by atoms with Crippen molar-refractivity contribution in [3.8, 4) is 5.88 Å². The molecule has 0 atom stereocenters. The van der Waals surface area contributed by atoms with Gasteiger partial charge in [-0.15, -0.1) is 0 Å². The van der Waals surface area contributed by atoms with Gasteiger partial charge in [0.25, 0.3) is 0 Å². The summed E-state index contributed by atoms with van der Waals surface area (Å²) in [5.41, 5.74) is 11.6. The number of nitrogen functional groups attached to an aromatic ring is 2. The first-order valence-electron chi connectivity index (χ1n) is 4.42. The molecular weight excluding hydrogens is 182 g/mol. The predicted octanol–water partition coefficient (Wildman–Crippen LogP) is 0.471. The zero-order valence-corrected chi connectivity index (χ0v) is 8.37. The average Bonchev–Trinajstić information content (AvgIpc) is 2.18. The van der Waals surface area contributed by atoms with Crippen LogP contribution >= 0.6 is 0 Å². The summed E-state index contributed by atoms with van der Waals surface area (Å²) in [7, 11) is 1.71. The van der Waals surface area contributed by atoms with E-state index in [2.05, 4.69) is 15.3 Å². The smallest absolute Gasteiger partial charge is 0.244 e. The van der Waals surface area contributed by atoms with Crippen molar-refractivity contribution >= 4 is 17.5 Å². The topological polar surface area (TPSA) is 99.1 Å². The third-order valence-corrected chi connectivity index (χ3v) is 1.61. The molecule has 0 aliphatic rings. The first-order chi connectivity index (χ1) is 6.69. The van der Waals surface area contributed by atoms with E-state index in [0.717, 1.165) is 6.42 Å². The third-order valence-electron chi connectivity index (χ3n) is 1.61. The molecule has 14 heavy (non-hydrogen) atoms. The number of nitrogens with one attached hydrogen (secondary N) is 1. The molecule has 0 radical (unpaired) electrons. The van der Waals surface area contributed by atoms with Crippen molar-refractivity contribution in [3.63, 3.8) is 0 Å². The molecule has 0 unspecified atom stereocenters. The first-order valence-corrected chi connectivity index (χ1v) is 4.42. The molecule has 1 heterocycles. The van der Waals surface area contributed by atoms with Crippen molar-refractivity contribution < 1.29 is 4.74 Å². The van der Waals surface area contributed by atoms with Crippen LogP contribution in [0.25, 0.3) is 0 Å². The molecular formula is C8H15N5O. The SMILES string of the molecule is CCCOc1nc(N)nc(NC)c1N. The van der Waals surface area contributed by atoms with Crippen molar-refractivity contribution in [2.45, 2.75) is 13.3 Å². The van der Waals surface area contributed by atoms with E-state index in [0.29, 0.717) is 24.0 Å². The summed E-state index contributed by atoms with van der Waals surface area (Å²) < 4.78 is 5.31. The molecule has 78 valence electrons. The number of nitrogens with two attached hydrogens (primary N) is 2. The standard InChI is InChI=1S/C8H15N5O/c1-3-4-14-7-5(9)6(11-2)12-8(10)13-7/h3-4,9H2,1-2H3,(H3,10,11,12,13). The van der Waals surface area contributed by atoms with Crippen LogP contribution in [0.2, 0.25) is 0 Å². The fourth-order valence-corrected chi connectivity index (χ4v) is 0.965. The van der Waals surface area contributed by atoms with Gasteiger partial charge in [0.2, 0.25) is 11.8 Å². The van der Waals surface area contributed by atoms with Gasteiger partial charge in [0.15, 0.2) is 5.82 Å². The highest BCUT2D eigenvalue weighted by Crippen LogP contribution is 2.26. The molecule has 0 fully saturated rings. The minimum atomic E-state index is 0.148. The molecule has 6 heteroatoms. The zero-order chi connectivity index (χ0) is 10.6. The Morgan fingerprint density at radius 3 is 2.64 bits per heavy atom. The van der Waals surface area contributed by atoms with Gasteiger partial charge in [-0.3, -0.25) is 0 Å². The Morgan fingerprint density at radius 2 is 2.07 bits per heavy atom. The lowest BCUT2D eigenvalue weighted by molar-refractivity contribution is 0.307. The molecule has 0 aliphatic carbocycles. The molecule has 1 aromatic rings. The number of ether oxygens (including phenoxy) is 1. The van der Waals surface area contributed by atoms with Gasteiger partial charge in [-0.25, -0.2) is 0 Å². The number of nitrogens with zero attached hydrogens (tertiary/aromatic N) is 2. The fourth-order valence-electron chi connectivity index (χ4n) is 0.965. The molecule has 1 rings (SSSR count). The molecule has 0 spiro atoms. The molecule has 1 aromatic heterocycles. The quantitative estimate of drug-likeness (QED) is 0.649. The van der Waals surface area contributed by atoms with Crippen molar-refractivity contribution in [1.82, 2.24) is 9.97 Å². The molecule has 0 saturated heterocycles. The summed E-state index contributed by atoms with van der Waals surface area (Å²) in [5, 5.41) is 2.82. The highest BCUT2D eigenvalue weighted by molar-refractivity contribution is 5.68. The van der Waals surface area contributed by atoms with Gasteiger partial charge in [-0.05, 0) is 6.42 Å². The largest absolute Gasteiger partial charge is 0.476 e. The molecule has 0 amide bonds. The lowest BCUT2D eigenvalue weighted by Crippen LogP contribution is -2.08.